The van der Waals surface area contributed by atoms with Crippen molar-refractivity contribution in [3.05, 3.63) is 28.8 Å². The van der Waals surface area contributed by atoms with Crippen LogP contribution in [0, 0.1) is 20.8 Å². The van der Waals surface area contributed by atoms with Crippen LogP contribution < -0.4 is 16.0 Å². The highest BCUT2D eigenvalue weighted by atomic mass is 16.5. The monoisotopic (exact) mass is 208 g/mol. The predicted octanol–water partition coefficient (Wildman–Crippen LogP) is 1.84. The Kier molecular flexibility index (Phi) is 4.12. The minimum absolute atomic E-state index is 0.158. The van der Waals surface area contributed by atoms with E-state index in [1.165, 1.54) is 16.7 Å². The summed E-state index contributed by atoms with van der Waals surface area (Å²) in [6.07, 6.45) is 0. The number of hydrogen-bond donors (Lipinski definition) is 2. The van der Waals surface area contributed by atoms with E-state index >= 15 is 0 Å². The summed E-state index contributed by atoms with van der Waals surface area (Å²) < 4.78 is 5.73. The molecule has 0 aromatic heterocycles. The number of aryl methyl sites for hydroxylation is 3. The molecule has 0 spiro atoms. The van der Waals surface area contributed by atoms with Gasteiger partial charge < -0.3 is 4.74 Å². The van der Waals surface area contributed by atoms with Gasteiger partial charge in [0.2, 0.25) is 0 Å². The molecule has 0 fully saturated rings. The Hall–Kier alpha value is -1.06. The largest absolute Gasteiger partial charge is 0.491 e. The second kappa shape index (κ2) is 5.14. The van der Waals surface area contributed by atoms with Crippen molar-refractivity contribution in [3.63, 3.8) is 0 Å². The summed E-state index contributed by atoms with van der Waals surface area (Å²) in [6.45, 7) is 8.79. The zero-order valence-electron chi connectivity index (χ0n) is 9.92. The average molecular weight is 208 g/mol. The molecule has 15 heavy (non-hydrogen) atoms. The minimum Gasteiger partial charge on any atom is -0.491 e. The zero-order chi connectivity index (χ0) is 11.4. The molecule has 1 atom stereocenters. The van der Waals surface area contributed by atoms with Gasteiger partial charge in [-0.25, -0.2) is 0 Å². The number of rotatable bonds is 4. The van der Waals surface area contributed by atoms with Crippen LogP contribution in [-0.4, -0.2) is 12.6 Å². The smallest absolute Gasteiger partial charge is 0.125 e. The molecular formula is C12H20N2O. The normalized spacial score (nSPS) is 12.6. The van der Waals surface area contributed by atoms with Crippen LogP contribution in [0.1, 0.15) is 23.6 Å². The molecule has 0 saturated carbocycles. The van der Waals surface area contributed by atoms with Crippen LogP contribution in [0.5, 0.6) is 5.75 Å². The minimum atomic E-state index is 0.158. The molecule has 1 aromatic carbocycles. The van der Waals surface area contributed by atoms with Gasteiger partial charge in [0.25, 0.3) is 0 Å². The maximum Gasteiger partial charge on any atom is 0.125 e. The second-order valence-corrected chi connectivity index (χ2v) is 4.11. The zero-order valence-corrected chi connectivity index (χ0v) is 9.92. The molecule has 3 heteroatoms. The molecule has 0 amide bonds. The van der Waals surface area contributed by atoms with Gasteiger partial charge in [0.15, 0.2) is 0 Å². The number of hydrogen-bond acceptors (Lipinski definition) is 3. The van der Waals surface area contributed by atoms with Gasteiger partial charge in [-0.3, -0.25) is 11.3 Å². The third-order valence-corrected chi connectivity index (χ3v) is 2.37. The van der Waals surface area contributed by atoms with Gasteiger partial charge >= 0.3 is 0 Å². The lowest BCUT2D eigenvalue weighted by Crippen LogP contribution is -2.37. The lowest BCUT2D eigenvalue weighted by molar-refractivity contribution is 0.271. The van der Waals surface area contributed by atoms with Gasteiger partial charge in [-0.05, 0) is 38.8 Å². The molecule has 0 aliphatic rings. The maximum atomic E-state index is 5.73. The third kappa shape index (κ3) is 3.22. The van der Waals surface area contributed by atoms with Crippen LogP contribution >= 0.6 is 0 Å². The van der Waals surface area contributed by atoms with Gasteiger partial charge in [0.05, 0.1) is 6.04 Å². The lowest BCUT2D eigenvalue weighted by Gasteiger charge is -2.16. The molecule has 0 heterocycles. The van der Waals surface area contributed by atoms with Crippen molar-refractivity contribution < 1.29 is 4.74 Å². The molecule has 3 N–H and O–H groups in total. The molecule has 1 unspecified atom stereocenters. The molecule has 0 bridgehead atoms. The van der Waals surface area contributed by atoms with E-state index in [9.17, 15) is 0 Å². The van der Waals surface area contributed by atoms with Crippen LogP contribution in [-0.2, 0) is 0 Å². The first-order valence-corrected chi connectivity index (χ1v) is 5.21. The highest BCUT2D eigenvalue weighted by molar-refractivity contribution is 5.42. The van der Waals surface area contributed by atoms with E-state index in [1.807, 2.05) is 6.92 Å². The Bertz CT molecular complexity index is 313. The van der Waals surface area contributed by atoms with Crippen molar-refractivity contribution in [3.8, 4) is 5.75 Å². The van der Waals surface area contributed by atoms with Crippen LogP contribution in [0.4, 0.5) is 0 Å². The van der Waals surface area contributed by atoms with Crippen molar-refractivity contribution in [1.29, 1.82) is 0 Å². The van der Waals surface area contributed by atoms with Crippen LogP contribution in [0.2, 0.25) is 0 Å². The lowest BCUT2D eigenvalue weighted by atomic mass is 10.1. The summed E-state index contributed by atoms with van der Waals surface area (Å²) in [6, 6.07) is 4.41. The Morgan fingerprint density at radius 3 is 2.27 bits per heavy atom. The van der Waals surface area contributed by atoms with Gasteiger partial charge in [-0.15, -0.1) is 0 Å². The molecule has 0 saturated heterocycles. The molecule has 1 rings (SSSR count). The fourth-order valence-electron chi connectivity index (χ4n) is 1.65. The van der Waals surface area contributed by atoms with Crippen molar-refractivity contribution in [2.75, 3.05) is 6.61 Å². The second-order valence-electron chi connectivity index (χ2n) is 4.11. The van der Waals surface area contributed by atoms with E-state index in [0.29, 0.717) is 6.61 Å². The summed E-state index contributed by atoms with van der Waals surface area (Å²) in [5.74, 6) is 6.28. The van der Waals surface area contributed by atoms with E-state index in [0.717, 1.165) is 5.75 Å². The van der Waals surface area contributed by atoms with Gasteiger partial charge in [0, 0.05) is 0 Å². The summed E-state index contributed by atoms with van der Waals surface area (Å²) in [5.41, 5.74) is 6.28. The first kappa shape index (κ1) is 12.0. The highest BCUT2D eigenvalue weighted by Gasteiger charge is 2.06. The first-order chi connectivity index (χ1) is 7.04. The molecule has 0 radical (unpaired) electrons. The third-order valence-electron chi connectivity index (χ3n) is 2.37. The molecule has 0 aliphatic carbocycles. The van der Waals surface area contributed by atoms with Crippen molar-refractivity contribution in [2.24, 2.45) is 5.84 Å². The average Bonchev–Trinajstić information content (AvgIpc) is 2.15. The molecular weight excluding hydrogens is 188 g/mol. The topological polar surface area (TPSA) is 47.3 Å². The highest BCUT2D eigenvalue weighted by Crippen LogP contribution is 2.24. The summed E-state index contributed by atoms with van der Waals surface area (Å²) in [5, 5.41) is 0. The van der Waals surface area contributed by atoms with E-state index in [2.05, 4.69) is 38.3 Å². The standard InChI is InChI=1S/C12H20N2O/c1-8-5-9(2)12(10(3)6-8)15-7-11(4)14-13/h5-6,11,14H,7,13H2,1-4H3. The number of nitrogens with one attached hydrogen (secondary N) is 1. The first-order valence-electron chi connectivity index (χ1n) is 5.21. The van der Waals surface area contributed by atoms with E-state index in [-0.39, 0.29) is 6.04 Å². The number of nitrogens with two attached hydrogens (primary N) is 1. The fraction of sp³-hybridized carbons (Fsp3) is 0.500. The Labute approximate surface area is 91.6 Å². The van der Waals surface area contributed by atoms with Crippen LogP contribution in [0.3, 0.4) is 0 Å². The van der Waals surface area contributed by atoms with E-state index < -0.39 is 0 Å². The van der Waals surface area contributed by atoms with Crippen molar-refractivity contribution >= 4 is 0 Å². The molecule has 0 aliphatic heterocycles. The summed E-state index contributed by atoms with van der Waals surface area (Å²) in [4.78, 5) is 0. The summed E-state index contributed by atoms with van der Waals surface area (Å²) in [7, 11) is 0. The van der Waals surface area contributed by atoms with E-state index in [1.54, 1.807) is 0 Å². The van der Waals surface area contributed by atoms with Crippen molar-refractivity contribution in [1.82, 2.24) is 5.43 Å². The van der Waals surface area contributed by atoms with E-state index in [4.69, 9.17) is 10.6 Å². The quantitative estimate of drug-likeness (QED) is 0.586. The molecule has 3 nitrogen and oxygen atoms in total. The Morgan fingerprint density at radius 1 is 1.27 bits per heavy atom. The number of benzene rings is 1. The van der Waals surface area contributed by atoms with Crippen LogP contribution in [0.15, 0.2) is 12.1 Å². The Balaban J connectivity index is 2.77. The Morgan fingerprint density at radius 2 is 1.80 bits per heavy atom. The fourth-order valence-corrected chi connectivity index (χ4v) is 1.65. The molecule has 1 aromatic rings. The van der Waals surface area contributed by atoms with Gasteiger partial charge in [0.1, 0.15) is 12.4 Å². The van der Waals surface area contributed by atoms with Crippen LogP contribution in [0.25, 0.3) is 0 Å². The van der Waals surface area contributed by atoms with Crippen molar-refractivity contribution in [2.45, 2.75) is 33.7 Å². The number of ether oxygens (including phenoxy) is 1. The van der Waals surface area contributed by atoms with Gasteiger partial charge in [-0.2, -0.15) is 0 Å². The SMILES string of the molecule is Cc1cc(C)c(OCC(C)NN)c(C)c1. The maximum absolute atomic E-state index is 5.73. The number of hydrazine groups is 1. The predicted molar refractivity (Wildman–Crippen MR) is 62.9 cm³/mol. The summed E-state index contributed by atoms with van der Waals surface area (Å²) >= 11 is 0. The molecule has 84 valence electrons. The van der Waals surface area contributed by atoms with Gasteiger partial charge in [-0.1, -0.05) is 17.7 Å².